The van der Waals surface area contributed by atoms with Crippen molar-refractivity contribution in [3.63, 3.8) is 0 Å². The SMILES string of the molecule is CC(=O)OCc1ccc(CN2CCc3nc(-c4ccccc4)ncc3C2)o1. The van der Waals surface area contributed by atoms with Crippen LogP contribution in [0.2, 0.25) is 0 Å². The molecule has 1 aromatic carbocycles. The lowest BCUT2D eigenvalue weighted by Crippen LogP contribution is -2.30. The van der Waals surface area contributed by atoms with Gasteiger partial charge >= 0.3 is 5.97 Å². The number of nitrogens with zero attached hydrogens (tertiary/aromatic N) is 3. The minimum absolute atomic E-state index is 0.175. The molecule has 0 atom stereocenters. The first-order valence-electron chi connectivity index (χ1n) is 9.01. The third-order valence-corrected chi connectivity index (χ3v) is 4.56. The zero-order valence-electron chi connectivity index (χ0n) is 15.2. The lowest BCUT2D eigenvalue weighted by molar-refractivity contribution is -0.142. The number of carbonyl (C=O) groups excluding carboxylic acids is 1. The van der Waals surface area contributed by atoms with E-state index in [0.29, 0.717) is 12.3 Å². The van der Waals surface area contributed by atoms with Gasteiger partial charge in [0.1, 0.15) is 18.1 Å². The molecule has 138 valence electrons. The number of aromatic nitrogens is 2. The molecule has 6 heteroatoms. The van der Waals surface area contributed by atoms with Gasteiger partial charge in [-0.05, 0) is 12.1 Å². The number of rotatable bonds is 5. The van der Waals surface area contributed by atoms with Crippen molar-refractivity contribution >= 4 is 5.97 Å². The standard InChI is InChI=1S/C21H21N3O3/c1-15(25)26-14-19-8-7-18(27-19)13-24-10-9-20-17(12-24)11-22-21(23-20)16-5-3-2-4-6-16/h2-8,11H,9-10,12-14H2,1H3. The lowest BCUT2D eigenvalue weighted by atomic mass is 10.1. The molecule has 4 rings (SSSR count). The Morgan fingerprint density at radius 3 is 2.81 bits per heavy atom. The average Bonchev–Trinajstić information content (AvgIpc) is 3.14. The maximum Gasteiger partial charge on any atom is 0.303 e. The van der Waals surface area contributed by atoms with E-state index in [1.54, 1.807) is 0 Å². The van der Waals surface area contributed by atoms with Crippen LogP contribution in [0.5, 0.6) is 0 Å². The van der Waals surface area contributed by atoms with Gasteiger partial charge in [-0.15, -0.1) is 0 Å². The van der Waals surface area contributed by atoms with Crippen molar-refractivity contribution in [1.82, 2.24) is 14.9 Å². The van der Waals surface area contributed by atoms with E-state index in [1.807, 2.05) is 48.7 Å². The number of fused-ring (bicyclic) bond motifs is 1. The van der Waals surface area contributed by atoms with Crippen molar-refractivity contribution in [2.24, 2.45) is 0 Å². The van der Waals surface area contributed by atoms with Gasteiger partial charge in [0.25, 0.3) is 0 Å². The van der Waals surface area contributed by atoms with Crippen molar-refractivity contribution < 1.29 is 13.9 Å². The largest absolute Gasteiger partial charge is 0.461 e. The number of hydrogen-bond acceptors (Lipinski definition) is 6. The van der Waals surface area contributed by atoms with Gasteiger partial charge < -0.3 is 9.15 Å². The van der Waals surface area contributed by atoms with Gasteiger partial charge in [0, 0.05) is 43.8 Å². The van der Waals surface area contributed by atoms with Gasteiger partial charge in [-0.2, -0.15) is 0 Å². The monoisotopic (exact) mass is 363 g/mol. The maximum absolute atomic E-state index is 10.9. The number of carbonyl (C=O) groups is 1. The van der Waals surface area contributed by atoms with Crippen molar-refractivity contribution in [2.75, 3.05) is 6.54 Å². The van der Waals surface area contributed by atoms with Gasteiger partial charge in [-0.25, -0.2) is 9.97 Å². The first kappa shape index (κ1) is 17.4. The second kappa shape index (κ2) is 7.72. The van der Waals surface area contributed by atoms with E-state index < -0.39 is 0 Å². The van der Waals surface area contributed by atoms with E-state index in [9.17, 15) is 4.79 Å². The van der Waals surface area contributed by atoms with Gasteiger partial charge in [0.05, 0.1) is 12.2 Å². The second-order valence-corrected chi connectivity index (χ2v) is 6.64. The first-order chi connectivity index (χ1) is 13.2. The van der Waals surface area contributed by atoms with Gasteiger partial charge in [-0.1, -0.05) is 30.3 Å². The summed E-state index contributed by atoms with van der Waals surface area (Å²) in [6.45, 7) is 3.98. The molecular formula is C21H21N3O3. The summed E-state index contributed by atoms with van der Waals surface area (Å²) < 4.78 is 10.7. The van der Waals surface area contributed by atoms with Crippen LogP contribution in [0.1, 0.15) is 29.7 Å². The smallest absolute Gasteiger partial charge is 0.303 e. The van der Waals surface area contributed by atoms with Crippen LogP contribution < -0.4 is 0 Å². The molecule has 0 unspecified atom stereocenters. The van der Waals surface area contributed by atoms with E-state index in [4.69, 9.17) is 14.1 Å². The normalized spacial score (nSPS) is 14.0. The van der Waals surface area contributed by atoms with E-state index in [-0.39, 0.29) is 12.6 Å². The summed E-state index contributed by atoms with van der Waals surface area (Å²) in [5.41, 5.74) is 3.32. The molecule has 3 aromatic rings. The fraction of sp³-hybridized carbons (Fsp3) is 0.286. The fourth-order valence-corrected chi connectivity index (χ4v) is 3.21. The van der Waals surface area contributed by atoms with E-state index in [1.165, 1.54) is 6.92 Å². The van der Waals surface area contributed by atoms with Crippen LogP contribution in [0.15, 0.2) is 53.1 Å². The Balaban J connectivity index is 1.41. The average molecular weight is 363 g/mol. The quantitative estimate of drug-likeness (QED) is 0.648. The predicted octanol–water partition coefficient (Wildman–Crippen LogP) is 3.36. The Bertz CT molecular complexity index is 937. The molecule has 0 spiro atoms. The fourth-order valence-electron chi connectivity index (χ4n) is 3.21. The van der Waals surface area contributed by atoms with Gasteiger partial charge in [0.2, 0.25) is 0 Å². The van der Waals surface area contributed by atoms with Crippen LogP contribution in [-0.2, 0) is 35.6 Å². The zero-order chi connectivity index (χ0) is 18.6. The van der Waals surface area contributed by atoms with Crippen molar-refractivity contribution in [3.8, 4) is 11.4 Å². The molecule has 2 aromatic heterocycles. The molecule has 0 saturated heterocycles. The van der Waals surface area contributed by atoms with Crippen LogP contribution in [-0.4, -0.2) is 27.4 Å². The number of furan rings is 1. The minimum atomic E-state index is -0.310. The third kappa shape index (κ3) is 4.23. The summed E-state index contributed by atoms with van der Waals surface area (Å²) >= 11 is 0. The topological polar surface area (TPSA) is 68.5 Å². The predicted molar refractivity (Wildman–Crippen MR) is 99.5 cm³/mol. The van der Waals surface area contributed by atoms with E-state index in [2.05, 4.69) is 9.88 Å². The molecule has 1 aliphatic rings. The van der Waals surface area contributed by atoms with Crippen LogP contribution in [0, 0.1) is 0 Å². The molecule has 6 nitrogen and oxygen atoms in total. The Morgan fingerprint density at radius 2 is 2.00 bits per heavy atom. The van der Waals surface area contributed by atoms with Gasteiger partial charge in [0.15, 0.2) is 5.82 Å². The maximum atomic E-state index is 10.9. The summed E-state index contributed by atoms with van der Waals surface area (Å²) in [6, 6.07) is 13.8. The molecule has 0 bridgehead atoms. The van der Waals surface area contributed by atoms with Crippen molar-refractivity contribution in [2.45, 2.75) is 33.0 Å². The Kier molecular flexibility index (Phi) is 4.98. The highest BCUT2D eigenvalue weighted by Gasteiger charge is 2.20. The Labute approximate surface area is 157 Å². The minimum Gasteiger partial charge on any atom is -0.461 e. The molecule has 1 aliphatic heterocycles. The third-order valence-electron chi connectivity index (χ3n) is 4.56. The molecular weight excluding hydrogens is 342 g/mol. The molecule has 0 fully saturated rings. The van der Waals surface area contributed by atoms with Gasteiger partial charge in [-0.3, -0.25) is 9.69 Å². The highest BCUT2D eigenvalue weighted by molar-refractivity contribution is 5.65. The number of hydrogen-bond donors (Lipinski definition) is 0. The molecule has 27 heavy (non-hydrogen) atoms. The Morgan fingerprint density at radius 1 is 1.19 bits per heavy atom. The molecule has 0 amide bonds. The van der Waals surface area contributed by atoms with Crippen LogP contribution in [0.25, 0.3) is 11.4 Å². The summed E-state index contributed by atoms with van der Waals surface area (Å²) in [7, 11) is 0. The van der Waals surface area contributed by atoms with E-state index >= 15 is 0 Å². The Hall–Kier alpha value is -2.99. The summed E-state index contributed by atoms with van der Waals surface area (Å²) in [4.78, 5) is 22.5. The summed E-state index contributed by atoms with van der Waals surface area (Å²) in [5.74, 6) is 2.00. The summed E-state index contributed by atoms with van der Waals surface area (Å²) in [5, 5.41) is 0. The highest BCUT2D eigenvalue weighted by Crippen LogP contribution is 2.22. The zero-order valence-corrected chi connectivity index (χ0v) is 15.2. The number of esters is 1. The van der Waals surface area contributed by atoms with Crippen LogP contribution >= 0.6 is 0 Å². The first-order valence-corrected chi connectivity index (χ1v) is 9.01. The molecule has 0 saturated carbocycles. The number of benzene rings is 1. The van der Waals surface area contributed by atoms with Crippen molar-refractivity contribution in [3.05, 3.63) is 71.4 Å². The number of ether oxygens (including phenoxy) is 1. The highest BCUT2D eigenvalue weighted by atomic mass is 16.5. The second-order valence-electron chi connectivity index (χ2n) is 6.64. The molecule has 0 aliphatic carbocycles. The molecule has 0 radical (unpaired) electrons. The van der Waals surface area contributed by atoms with Crippen LogP contribution in [0.3, 0.4) is 0 Å². The molecule has 0 N–H and O–H groups in total. The van der Waals surface area contributed by atoms with E-state index in [0.717, 1.165) is 47.9 Å². The summed E-state index contributed by atoms with van der Waals surface area (Å²) in [6.07, 6.45) is 2.82. The molecule has 3 heterocycles. The van der Waals surface area contributed by atoms with Crippen molar-refractivity contribution in [1.29, 1.82) is 0 Å². The lowest BCUT2D eigenvalue weighted by Gasteiger charge is -2.27. The van der Waals surface area contributed by atoms with Crippen LogP contribution in [0.4, 0.5) is 0 Å².